The lowest BCUT2D eigenvalue weighted by molar-refractivity contribution is 0.740. The van der Waals surface area contributed by atoms with Crippen LogP contribution in [0.2, 0.25) is 0 Å². The molecule has 0 aliphatic carbocycles. The lowest BCUT2D eigenvalue weighted by Crippen LogP contribution is -2.13. The number of nitrogens with one attached hydrogen (secondary N) is 1. The van der Waals surface area contributed by atoms with Crippen molar-refractivity contribution >= 4 is 5.82 Å². The number of nitrogen functional groups attached to an aromatic ring is 1. The van der Waals surface area contributed by atoms with E-state index in [1.807, 2.05) is 20.9 Å². The Morgan fingerprint density at radius 1 is 1.33 bits per heavy atom. The molecule has 18 heavy (non-hydrogen) atoms. The fraction of sp³-hybridized carbons (Fsp3) is 0.417. The third-order valence-corrected chi connectivity index (χ3v) is 3.19. The van der Waals surface area contributed by atoms with Crippen molar-refractivity contribution in [2.75, 3.05) is 5.43 Å². The first kappa shape index (κ1) is 12.5. The SMILES string of the molecule is CCc1nc(-c2cnn(C)c2C)nc(NN)c1C. The van der Waals surface area contributed by atoms with Gasteiger partial charge in [0.05, 0.1) is 11.8 Å². The van der Waals surface area contributed by atoms with Gasteiger partial charge in [0.15, 0.2) is 5.82 Å². The first-order chi connectivity index (χ1) is 8.58. The highest BCUT2D eigenvalue weighted by Crippen LogP contribution is 2.23. The van der Waals surface area contributed by atoms with Crippen molar-refractivity contribution in [3.8, 4) is 11.4 Å². The minimum Gasteiger partial charge on any atom is -0.308 e. The maximum atomic E-state index is 5.50. The molecule has 0 atom stereocenters. The molecule has 0 aliphatic heterocycles. The highest BCUT2D eigenvalue weighted by molar-refractivity contribution is 5.61. The van der Waals surface area contributed by atoms with Crippen LogP contribution >= 0.6 is 0 Å². The van der Waals surface area contributed by atoms with Gasteiger partial charge in [0.2, 0.25) is 0 Å². The maximum Gasteiger partial charge on any atom is 0.165 e. The summed E-state index contributed by atoms with van der Waals surface area (Å²) in [6.07, 6.45) is 2.62. The third kappa shape index (κ3) is 1.95. The minimum atomic E-state index is 0.663. The van der Waals surface area contributed by atoms with Crippen molar-refractivity contribution in [1.29, 1.82) is 0 Å². The number of nitrogens with two attached hydrogens (primary N) is 1. The topological polar surface area (TPSA) is 81.7 Å². The molecule has 6 nitrogen and oxygen atoms in total. The van der Waals surface area contributed by atoms with Crippen LogP contribution in [0.1, 0.15) is 23.9 Å². The van der Waals surface area contributed by atoms with Gasteiger partial charge in [-0.1, -0.05) is 6.92 Å². The van der Waals surface area contributed by atoms with Crippen molar-refractivity contribution in [2.24, 2.45) is 12.9 Å². The molecule has 3 N–H and O–H groups in total. The van der Waals surface area contributed by atoms with Crippen molar-refractivity contribution in [3.63, 3.8) is 0 Å². The average molecular weight is 246 g/mol. The third-order valence-electron chi connectivity index (χ3n) is 3.19. The maximum absolute atomic E-state index is 5.50. The Hall–Kier alpha value is -1.95. The predicted molar refractivity (Wildman–Crippen MR) is 70.9 cm³/mol. The molecule has 0 unspecified atom stereocenters. The lowest BCUT2D eigenvalue weighted by atomic mass is 10.1. The van der Waals surface area contributed by atoms with E-state index in [0.29, 0.717) is 11.6 Å². The molecule has 0 bridgehead atoms. The first-order valence-electron chi connectivity index (χ1n) is 5.91. The predicted octanol–water partition coefficient (Wildman–Crippen LogP) is 1.34. The number of anilines is 1. The van der Waals surface area contributed by atoms with E-state index in [1.54, 1.807) is 10.9 Å². The summed E-state index contributed by atoms with van der Waals surface area (Å²) >= 11 is 0. The smallest absolute Gasteiger partial charge is 0.165 e. The molecule has 2 rings (SSSR count). The summed E-state index contributed by atoms with van der Waals surface area (Å²) < 4.78 is 1.81. The molecule has 2 heterocycles. The van der Waals surface area contributed by atoms with Gasteiger partial charge in [-0.15, -0.1) is 0 Å². The molecule has 96 valence electrons. The Morgan fingerprint density at radius 2 is 2.06 bits per heavy atom. The van der Waals surface area contributed by atoms with Gasteiger partial charge in [0.25, 0.3) is 0 Å². The Morgan fingerprint density at radius 3 is 2.56 bits per heavy atom. The highest BCUT2D eigenvalue weighted by atomic mass is 15.3. The van der Waals surface area contributed by atoms with Crippen molar-refractivity contribution < 1.29 is 0 Å². The van der Waals surface area contributed by atoms with Crippen LogP contribution in [0.5, 0.6) is 0 Å². The summed E-state index contributed by atoms with van der Waals surface area (Å²) in [4.78, 5) is 9.03. The Labute approximate surface area is 106 Å². The van der Waals surface area contributed by atoms with E-state index in [9.17, 15) is 0 Å². The second-order valence-electron chi connectivity index (χ2n) is 4.23. The molecular formula is C12H18N6. The van der Waals surface area contributed by atoms with E-state index in [0.717, 1.165) is 28.9 Å². The first-order valence-corrected chi connectivity index (χ1v) is 5.91. The second-order valence-corrected chi connectivity index (χ2v) is 4.23. The monoisotopic (exact) mass is 246 g/mol. The fourth-order valence-electron chi connectivity index (χ4n) is 1.89. The molecule has 2 aromatic rings. The van der Waals surface area contributed by atoms with Crippen LogP contribution in [-0.4, -0.2) is 19.7 Å². The minimum absolute atomic E-state index is 0.663. The van der Waals surface area contributed by atoms with Crippen LogP contribution in [0.15, 0.2) is 6.20 Å². The molecular weight excluding hydrogens is 228 g/mol. The zero-order valence-corrected chi connectivity index (χ0v) is 11.2. The molecule has 0 amide bonds. The van der Waals surface area contributed by atoms with Gasteiger partial charge in [-0.25, -0.2) is 15.8 Å². The van der Waals surface area contributed by atoms with E-state index in [1.165, 1.54) is 0 Å². The van der Waals surface area contributed by atoms with Crippen molar-refractivity contribution in [1.82, 2.24) is 19.7 Å². The summed E-state index contributed by atoms with van der Waals surface area (Å²) in [5, 5.41) is 4.21. The summed E-state index contributed by atoms with van der Waals surface area (Å²) in [5.74, 6) is 6.83. The molecule has 0 radical (unpaired) electrons. The zero-order valence-electron chi connectivity index (χ0n) is 11.2. The molecule has 0 saturated carbocycles. The van der Waals surface area contributed by atoms with Crippen LogP contribution in [0.25, 0.3) is 11.4 Å². The average Bonchev–Trinajstić information content (AvgIpc) is 2.70. The van der Waals surface area contributed by atoms with E-state index in [2.05, 4.69) is 27.4 Å². The van der Waals surface area contributed by atoms with E-state index < -0.39 is 0 Å². The summed E-state index contributed by atoms with van der Waals surface area (Å²) in [6.45, 7) is 6.02. The number of hydrogen-bond acceptors (Lipinski definition) is 5. The van der Waals surface area contributed by atoms with Gasteiger partial charge in [-0.05, 0) is 20.3 Å². The van der Waals surface area contributed by atoms with Gasteiger partial charge in [-0.3, -0.25) is 4.68 Å². The quantitative estimate of drug-likeness (QED) is 0.631. The van der Waals surface area contributed by atoms with E-state index >= 15 is 0 Å². The zero-order chi connectivity index (χ0) is 13.3. The van der Waals surface area contributed by atoms with Gasteiger partial charge in [0.1, 0.15) is 5.82 Å². The summed E-state index contributed by atoms with van der Waals surface area (Å²) in [6, 6.07) is 0. The lowest BCUT2D eigenvalue weighted by Gasteiger charge is -2.10. The van der Waals surface area contributed by atoms with Crippen LogP contribution in [0.4, 0.5) is 5.82 Å². The Balaban J connectivity index is 2.61. The molecule has 0 spiro atoms. The van der Waals surface area contributed by atoms with Crippen LogP contribution in [0, 0.1) is 13.8 Å². The number of hydrogen-bond donors (Lipinski definition) is 2. The summed E-state index contributed by atoms with van der Waals surface area (Å²) in [7, 11) is 1.90. The molecule has 2 aromatic heterocycles. The number of hydrazine groups is 1. The second kappa shape index (κ2) is 4.73. The van der Waals surface area contributed by atoms with E-state index in [-0.39, 0.29) is 0 Å². The molecule has 0 aliphatic rings. The molecule has 0 aromatic carbocycles. The fourth-order valence-corrected chi connectivity index (χ4v) is 1.89. The van der Waals surface area contributed by atoms with Crippen LogP contribution < -0.4 is 11.3 Å². The Bertz CT molecular complexity index is 547. The number of aryl methyl sites for hydroxylation is 2. The molecule has 0 fully saturated rings. The largest absolute Gasteiger partial charge is 0.308 e. The van der Waals surface area contributed by atoms with E-state index in [4.69, 9.17) is 5.84 Å². The normalized spacial score (nSPS) is 10.7. The van der Waals surface area contributed by atoms with Crippen LogP contribution in [0.3, 0.4) is 0 Å². The molecule has 6 heteroatoms. The Kier molecular flexibility index (Phi) is 3.29. The standard InChI is InChI=1S/C12H18N6/c1-5-10-7(2)11(17-13)16-12(15-10)9-6-14-18(4)8(9)3/h6H,5,13H2,1-4H3,(H,15,16,17). The molecule has 0 saturated heterocycles. The summed E-state index contributed by atoms with van der Waals surface area (Å²) in [5.41, 5.74) is 6.58. The van der Waals surface area contributed by atoms with Crippen molar-refractivity contribution in [3.05, 3.63) is 23.1 Å². The number of aromatic nitrogens is 4. The van der Waals surface area contributed by atoms with Gasteiger partial charge >= 0.3 is 0 Å². The van der Waals surface area contributed by atoms with Gasteiger partial charge in [0, 0.05) is 24.0 Å². The van der Waals surface area contributed by atoms with Crippen molar-refractivity contribution in [2.45, 2.75) is 27.2 Å². The number of nitrogens with zero attached hydrogens (tertiary/aromatic N) is 4. The van der Waals surface area contributed by atoms with Gasteiger partial charge in [-0.2, -0.15) is 5.10 Å². The van der Waals surface area contributed by atoms with Gasteiger partial charge < -0.3 is 5.43 Å². The van der Waals surface area contributed by atoms with Crippen LogP contribution in [-0.2, 0) is 13.5 Å². The highest BCUT2D eigenvalue weighted by Gasteiger charge is 2.14. The number of rotatable bonds is 3.